The third-order valence-electron chi connectivity index (χ3n) is 4.21. The van der Waals surface area contributed by atoms with E-state index in [1.807, 2.05) is 0 Å². The van der Waals surface area contributed by atoms with Crippen LogP contribution in [0.3, 0.4) is 0 Å². The highest BCUT2D eigenvalue weighted by atomic mass is 79.9. The van der Waals surface area contributed by atoms with Gasteiger partial charge < -0.3 is 50.0 Å². The Labute approximate surface area is 234 Å². The molecule has 39 heavy (non-hydrogen) atoms. The topological polar surface area (TPSA) is 189 Å². The Hall–Kier alpha value is -3.79. The quantitative estimate of drug-likeness (QED) is 0.163. The number of rotatable bonds is 13. The van der Waals surface area contributed by atoms with Crippen LogP contribution in [0.5, 0.6) is 17.2 Å². The van der Waals surface area contributed by atoms with Gasteiger partial charge in [-0.25, -0.2) is 9.97 Å². The van der Waals surface area contributed by atoms with Gasteiger partial charge in [-0.1, -0.05) is 0 Å². The monoisotopic (exact) mass is 612 g/mol. The van der Waals surface area contributed by atoms with Crippen LogP contribution in [-0.4, -0.2) is 80.8 Å². The van der Waals surface area contributed by atoms with Crippen molar-refractivity contribution in [2.45, 2.75) is 0 Å². The predicted octanol–water partition coefficient (Wildman–Crippen LogP) is 3.16. The van der Waals surface area contributed by atoms with E-state index in [1.165, 1.54) is 19.4 Å². The summed E-state index contributed by atoms with van der Waals surface area (Å²) in [4.78, 5) is 21.3. The van der Waals surface area contributed by atoms with Gasteiger partial charge in [0.1, 0.15) is 26.0 Å². The summed E-state index contributed by atoms with van der Waals surface area (Å²) in [7, 11) is 4.77. The van der Waals surface area contributed by atoms with Crippen LogP contribution in [0.4, 0.5) is 17.5 Å². The van der Waals surface area contributed by atoms with Gasteiger partial charge in [0.25, 0.3) is 0 Å². The Morgan fingerprint density at radius 3 is 1.79 bits per heavy atom. The highest BCUT2D eigenvalue weighted by Gasteiger charge is 2.14. The van der Waals surface area contributed by atoms with Gasteiger partial charge in [-0.3, -0.25) is 0 Å². The molecule has 4 N–H and O–H groups in total. The van der Waals surface area contributed by atoms with Gasteiger partial charge in [0, 0.05) is 38.2 Å². The molecule has 0 amide bonds. The summed E-state index contributed by atoms with van der Waals surface area (Å²) in [5, 5.41) is 10.5. The van der Waals surface area contributed by atoms with E-state index >= 15 is 0 Å². The minimum absolute atomic E-state index is 0.162. The molecule has 15 heteroatoms. The molecule has 3 heterocycles. The molecule has 0 saturated heterocycles. The average molecular weight is 613 g/mol. The lowest BCUT2D eigenvalue weighted by Crippen LogP contribution is -2.06. The van der Waals surface area contributed by atoms with E-state index in [1.54, 1.807) is 50.9 Å². The van der Waals surface area contributed by atoms with Crippen LogP contribution in [0.15, 0.2) is 53.4 Å². The molecular formula is C24H33BrN6O8. The standard InChI is InChI=1S/C8H11BrN2O2.C8H10N2O4.C8H12N2O2/c1-12-2-3-13-7-4-6(9)5-11-8(7)10;1-13-5-6-14-7-3-2-4-9-8(7)10(11)12;1-11-5-6-12-7-3-2-4-10-8(7)9/h4-5H,2-3H2,1H3,(H2,10,11);2-4H,5-6H2,1H3;2-4H,5-6H2,1H3,(H2,9,10). The summed E-state index contributed by atoms with van der Waals surface area (Å²) in [6, 6.07) is 8.41. The van der Waals surface area contributed by atoms with Gasteiger partial charge >= 0.3 is 5.82 Å². The summed E-state index contributed by atoms with van der Waals surface area (Å²) in [6.45, 7) is 2.70. The Kier molecular flexibility index (Phi) is 17.2. The van der Waals surface area contributed by atoms with E-state index in [2.05, 4.69) is 30.9 Å². The first-order chi connectivity index (χ1) is 18.8. The van der Waals surface area contributed by atoms with Crippen LogP contribution in [0.2, 0.25) is 0 Å². The van der Waals surface area contributed by atoms with Crippen LogP contribution in [0.25, 0.3) is 0 Å². The van der Waals surface area contributed by atoms with Crippen molar-refractivity contribution in [1.82, 2.24) is 15.0 Å². The molecule has 3 aromatic heterocycles. The second kappa shape index (κ2) is 20.2. The first kappa shape index (κ1) is 33.2. The lowest BCUT2D eigenvalue weighted by Gasteiger charge is -2.07. The largest absolute Gasteiger partial charge is 0.487 e. The second-order valence-electron chi connectivity index (χ2n) is 7.03. The molecule has 0 atom stereocenters. The summed E-state index contributed by atoms with van der Waals surface area (Å²) in [5.74, 6) is 1.87. The van der Waals surface area contributed by atoms with Crippen LogP contribution in [0, 0.1) is 10.1 Å². The molecule has 0 aromatic carbocycles. The van der Waals surface area contributed by atoms with Crippen LogP contribution in [-0.2, 0) is 14.2 Å². The van der Waals surface area contributed by atoms with E-state index in [-0.39, 0.29) is 18.2 Å². The lowest BCUT2D eigenvalue weighted by atomic mass is 10.4. The Balaban J connectivity index is 0.000000293. The fourth-order valence-electron chi connectivity index (χ4n) is 2.41. The molecule has 0 fully saturated rings. The number of methoxy groups -OCH3 is 3. The maximum absolute atomic E-state index is 10.5. The molecule has 0 unspecified atom stereocenters. The summed E-state index contributed by atoms with van der Waals surface area (Å²) >= 11 is 3.28. The van der Waals surface area contributed by atoms with Gasteiger partial charge in [0.05, 0.1) is 19.8 Å². The molecule has 214 valence electrons. The lowest BCUT2D eigenvalue weighted by molar-refractivity contribution is -0.390. The van der Waals surface area contributed by atoms with Crippen molar-refractivity contribution in [1.29, 1.82) is 0 Å². The Bertz CT molecular complexity index is 1110. The smallest absolute Gasteiger partial charge is 0.406 e. The van der Waals surface area contributed by atoms with Crippen molar-refractivity contribution in [2.24, 2.45) is 0 Å². The third-order valence-corrected chi connectivity index (χ3v) is 4.64. The number of anilines is 2. The van der Waals surface area contributed by atoms with Gasteiger partial charge in [0.2, 0.25) is 5.75 Å². The number of nitrogen functional groups attached to an aromatic ring is 2. The van der Waals surface area contributed by atoms with Crippen LogP contribution >= 0.6 is 15.9 Å². The zero-order valence-corrected chi connectivity index (χ0v) is 23.5. The normalized spacial score (nSPS) is 9.85. The summed E-state index contributed by atoms with van der Waals surface area (Å²) in [5.41, 5.74) is 11.1. The van der Waals surface area contributed by atoms with Crippen molar-refractivity contribution in [3.63, 3.8) is 0 Å². The van der Waals surface area contributed by atoms with Gasteiger partial charge in [-0.2, -0.15) is 0 Å². The fraction of sp³-hybridized carbons (Fsp3) is 0.375. The van der Waals surface area contributed by atoms with E-state index in [9.17, 15) is 10.1 Å². The SMILES string of the molecule is COCCOc1cc(Br)cnc1N.COCCOc1cccnc1N.COCCOc1cccnc1[N+](=O)[O-]. The van der Waals surface area contributed by atoms with Gasteiger partial charge in [-0.15, -0.1) is 0 Å². The minimum Gasteiger partial charge on any atom is -0.487 e. The number of nitrogens with zero attached hydrogens (tertiary/aromatic N) is 4. The highest BCUT2D eigenvalue weighted by molar-refractivity contribution is 9.10. The van der Waals surface area contributed by atoms with Gasteiger partial charge in [-0.05, 0) is 56.2 Å². The maximum atomic E-state index is 10.5. The third kappa shape index (κ3) is 14.1. The molecule has 0 aliphatic heterocycles. The first-order valence-electron chi connectivity index (χ1n) is 11.4. The molecule has 0 spiro atoms. The van der Waals surface area contributed by atoms with Crippen molar-refractivity contribution < 1.29 is 33.3 Å². The van der Waals surface area contributed by atoms with Crippen molar-refractivity contribution in [3.05, 3.63) is 63.5 Å². The number of pyridine rings is 3. The maximum Gasteiger partial charge on any atom is 0.406 e. The van der Waals surface area contributed by atoms with E-state index in [0.29, 0.717) is 56.2 Å². The molecule has 14 nitrogen and oxygen atoms in total. The number of hydrogen-bond acceptors (Lipinski definition) is 13. The summed E-state index contributed by atoms with van der Waals surface area (Å²) in [6.07, 6.45) is 4.60. The molecule has 3 aromatic rings. The molecule has 0 radical (unpaired) electrons. The van der Waals surface area contributed by atoms with E-state index < -0.39 is 4.92 Å². The summed E-state index contributed by atoms with van der Waals surface area (Å²) < 4.78 is 30.9. The zero-order chi connectivity index (χ0) is 28.9. The zero-order valence-electron chi connectivity index (χ0n) is 21.9. The fourth-order valence-corrected chi connectivity index (χ4v) is 2.72. The first-order valence-corrected chi connectivity index (χ1v) is 12.2. The molecule has 0 bridgehead atoms. The Morgan fingerprint density at radius 1 is 0.769 bits per heavy atom. The molecule has 0 aliphatic carbocycles. The van der Waals surface area contributed by atoms with Crippen molar-refractivity contribution in [2.75, 3.05) is 72.4 Å². The van der Waals surface area contributed by atoms with E-state index in [0.717, 1.165) is 4.47 Å². The average Bonchev–Trinajstić information content (AvgIpc) is 2.93. The van der Waals surface area contributed by atoms with Crippen molar-refractivity contribution >= 4 is 33.4 Å². The number of ether oxygens (including phenoxy) is 6. The van der Waals surface area contributed by atoms with E-state index in [4.69, 9.17) is 39.9 Å². The van der Waals surface area contributed by atoms with Crippen LogP contribution < -0.4 is 25.7 Å². The minimum atomic E-state index is -0.581. The molecular weight excluding hydrogens is 580 g/mol. The predicted molar refractivity (Wildman–Crippen MR) is 148 cm³/mol. The number of hydrogen-bond donors (Lipinski definition) is 2. The molecule has 0 aliphatic rings. The second-order valence-corrected chi connectivity index (χ2v) is 7.95. The number of nitrogens with two attached hydrogens (primary N) is 2. The highest BCUT2D eigenvalue weighted by Crippen LogP contribution is 2.23. The van der Waals surface area contributed by atoms with Crippen LogP contribution in [0.1, 0.15) is 0 Å². The Morgan fingerprint density at radius 2 is 1.26 bits per heavy atom. The molecule has 3 rings (SSSR count). The van der Waals surface area contributed by atoms with Crippen molar-refractivity contribution in [3.8, 4) is 17.2 Å². The number of aromatic nitrogens is 3. The number of nitro groups is 1. The molecule has 0 saturated carbocycles. The number of halogens is 1. The van der Waals surface area contributed by atoms with Gasteiger partial charge in [0.15, 0.2) is 23.1 Å².